The third-order valence-corrected chi connectivity index (χ3v) is 8.09. The molecule has 10 heteroatoms. The van der Waals surface area contributed by atoms with Gasteiger partial charge in [-0.2, -0.15) is 0 Å². The van der Waals surface area contributed by atoms with E-state index in [9.17, 15) is 4.79 Å². The molecule has 1 aliphatic heterocycles. The molecule has 1 aliphatic rings. The van der Waals surface area contributed by atoms with Gasteiger partial charge in [-0.25, -0.2) is 4.79 Å². The lowest BCUT2D eigenvalue weighted by Gasteiger charge is -2.33. The van der Waals surface area contributed by atoms with Crippen LogP contribution in [0.4, 0.5) is 10.5 Å². The van der Waals surface area contributed by atoms with E-state index in [-0.39, 0.29) is 12.0 Å². The van der Waals surface area contributed by atoms with E-state index in [4.69, 9.17) is 42.3 Å². The third-order valence-electron chi connectivity index (χ3n) is 6.53. The standard InChI is InChI=1S/C27H26Cl2N2O5S/c1-15(2)26-19(25(30-36-26)24-20(28)4-3-5-21(24)29)13-34-17-8-10-31(11-9-17)16-6-7-18-22(35-27(32)33)14-37-23(18)12-16/h3-7,12,14-15,17H,8-11,13H2,1-2H3,(H,32,33). The Morgan fingerprint density at radius 1 is 1.22 bits per heavy atom. The Hall–Kier alpha value is -2.78. The highest BCUT2D eigenvalue weighted by atomic mass is 35.5. The molecule has 4 aromatic rings. The van der Waals surface area contributed by atoms with E-state index < -0.39 is 6.16 Å². The molecule has 0 amide bonds. The van der Waals surface area contributed by atoms with Gasteiger partial charge >= 0.3 is 6.16 Å². The molecule has 0 saturated carbocycles. The number of piperidine rings is 1. The van der Waals surface area contributed by atoms with Crippen LogP contribution in [0.5, 0.6) is 5.75 Å². The zero-order valence-corrected chi connectivity index (χ0v) is 22.7. The molecule has 2 aromatic heterocycles. The fraction of sp³-hybridized carbons (Fsp3) is 0.333. The second-order valence-corrected chi connectivity index (χ2v) is 11.0. The Balaban J connectivity index is 1.26. The van der Waals surface area contributed by atoms with Gasteiger partial charge in [0, 0.05) is 51.3 Å². The van der Waals surface area contributed by atoms with Crippen LogP contribution in [-0.2, 0) is 11.3 Å². The minimum absolute atomic E-state index is 0.0989. The summed E-state index contributed by atoms with van der Waals surface area (Å²) in [6.07, 6.45) is 0.544. The van der Waals surface area contributed by atoms with Crippen LogP contribution >= 0.6 is 34.5 Å². The Kier molecular flexibility index (Phi) is 7.62. The molecule has 0 atom stereocenters. The van der Waals surface area contributed by atoms with Gasteiger partial charge in [0.05, 0.1) is 22.8 Å². The van der Waals surface area contributed by atoms with Gasteiger partial charge in [-0.15, -0.1) is 11.3 Å². The number of carboxylic acid groups (broad SMARTS) is 1. The van der Waals surface area contributed by atoms with Crippen LogP contribution in [0.1, 0.15) is 43.9 Å². The molecule has 1 N–H and O–H groups in total. The summed E-state index contributed by atoms with van der Waals surface area (Å²) in [4.78, 5) is 13.2. The van der Waals surface area contributed by atoms with Crippen LogP contribution in [-0.4, -0.2) is 35.6 Å². The van der Waals surface area contributed by atoms with Gasteiger partial charge in [0.25, 0.3) is 0 Å². The minimum Gasteiger partial charge on any atom is -0.449 e. The molecular weight excluding hydrogens is 535 g/mol. The van der Waals surface area contributed by atoms with E-state index in [1.807, 2.05) is 12.1 Å². The quantitative estimate of drug-likeness (QED) is 0.228. The lowest BCUT2D eigenvalue weighted by molar-refractivity contribution is 0.0245. The summed E-state index contributed by atoms with van der Waals surface area (Å²) in [6.45, 7) is 6.18. The summed E-state index contributed by atoms with van der Waals surface area (Å²) in [5, 5.41) is 16.8. The zero-order valence-electron chi connectivity index (χ0n) is 20.4. The van der Waals surface area contributed by atoms with Crippen LogP contribution in [0.3, 0.4) is 0 Å². The zero-order chi connectivity index (χ0) is 26.1. The number of benzene rings is 2. The summed E-state index contributed by atoms with van der Waals surface area (Å²) in [7, 11) is 0. The highest BCUT2D eigenvalue weighted by Gasteiger charge is 2.26. The van der Waals surface area contributed by atoms with Crippen molar-refractivity contribution < 1.29 is 23.9 Å². The summed E-state index contributed by atoms with van der Waals surface area (Å²) in [6, 6.07) is 11.4. The van der Waals surface area contributed by atoms with Gasteiger partial charge in [0.15, 0.2) is 5.75 Å². The largest absolute Gasteiger partial charge is 0.511 e. The maximum atomic E-state index is 10.9. The first-order chi connectivity index (χ1) is 17.8. The maximum Gasteiger partial charge on any atom is 0.511 e. The monoisotopic (exact) mass is 560 g/mol. The van der Waals surface area contributed by atoms with E-state index in [1.54, 1.807) is 23.6 Å². The Morgan fingerprint density at radius 3 is 2.62 bits per heavy atom. The van der Waals surface area contributed by atoms with Gasteiger partial charge in [-0.1, -0.05) is 48.3 Å². The van der Waals surface area contributed by atoms with Crippen molar-refractivity contribution in [2.45, 2.75) is 45.3 Å². The first-order valence-corrected chi connectivity index (χ1v) is 13.7. The molecular formula is C27H26Cl2N2O5S. The molecule has 37 heavy (non-hydrogen) atoms. The molecule has 3 heterocycles. The van der Waals surface area contributed by atoms with E-state index in [2.05, 4.69) is 30.0 Å². The number of carbonyl (C=O) groups is 1. The first kappa shape index (κ1) is 25.9. The van der Waals surface area contributed by atoms with Gasteiger partial charge in [0.1, 0.15) is 11.5 Å². The summed E-state index contributed by atoms with van der Waals surface area (Å²) in [5.74, 6) is 1.29. The number of thiophene rings is 1. The van der Waals surface area contributed by atoms with Gasteiger partial charge < -0.3 is 24.0 Å². The molecule has 0 unspecified atom stereocenters. The third kappa shape index (κ3) is 5.43. The van der Waals surface area contributed by atoms with Crippen LogP contribution < -0.4 is 9.64 Å². The van der Waals surface area contributed by atoms with Crippen molar-refractivity contribution in [1.29, 1.82) is 0 Å². The number of hydrogen-bond donors (Lipinski definition) is 1. The summed E-state index contributed by atoms with van der Waals surface area (Å²) >= 11 is 14.4. The lowest BCUT2D eigenvalue weighted by atomic mass is 10.0. The highest BCUT2D eigenvalue weighted by molar-refractivity contribution is 7.17. The van der Waals surface area contributed by atoms with Crippen molar-refractivity contribution in [2.24, 2.45) is 0 Å². The Morgan fingerprint density at radius 2 is 1.95 bits per heavy atom. The number of fused-ring (bicyclic) bond motifs is 1. The smallest absolute Gasteiger partial charge is 0.449 e. The second-order valence-electron chi connectivity index (χ2n) is 9.27. The van der Waals surface area contributed by atoms with E-state index >= 15 is 0 Å². The van der Waals surface area contributed by atoms with Crippen molar-refractivity contribution in [1.82, 2.24) is 5.16 Å². The minimum atomic E-state index is -1.31. The summed E-state index contributed by atoms with van der Waals surface area (Å²) < 4.78 is 17.9. The molecule has 0 radical (unpaired) electrons. The van der Waals surface area contributed by atoms with Crippen molar-refractivity contribution in [3.05, 3.63) is 63.1 Å². The Labute approximate surface area is 228 Å². The second kappa shape index (κ2) is 10.9. The topological polar surface area (TPSA) is 85.0 Å². The number of halogens is 2. The first-order valence-electron chi connectivity index (χ1n) is 12.0. The predicted molar refractivity (Wildman–Crippen MR) is 147 cm³/mol. The highest BCUT2D eigenvalue weighted by Crippen LogP contribution is 2.39. The fourth-order valence-electron chi connectivity index (χ4n) is 4.68. The molecule has 1 fully saturated rings. The van der Waals surface area contributed by atoms with Crippen molar-refractivity contribution in [2.75, 3.05) is 18.0 Å². The van der Waals surface area contributed by atoms with Gasteiger partial charge in [0.2, 0.25) is 0 Å². The molecule has 1 saturated heterocycles. The van der Waals surface area contributed by atoms with Crippen molar-refractivity contribution in [3.8, 4) is 17.0 Å². The van der Waals surface area contributed by atoms with Crippen LogP contribution in [0.15, 0.2) is 46.3 Å². The molecule has 0 bridgehead atoms. The molecule has 5 rings (SSSR count). The van der Waals surface area contributed by atoms with Crippen LogP contribution in [0.2, 0.25) is 10.0 Å². The lowest BCUT2D eigenvalue weighted by Crippen LogP contribution is -2.37. The summed E-state index contributed by atoms with van der Waals surface area (Å²) in [5.41, 5.74) is 3.28. The number of hydrogen-bond acceptors (Lipinski definition) is 7. The normalized spacial score (nSPS) is 14.6. The van der Waals surface area contributed by atoms with Crippen molar-refractivity contribution >= 4 is 56.5 Å². The van der Waals surface area contributed by atoms with E-state index in [0.717, 1.165) is 53.0 Å². The molecule has 2 aromatic carbocycles. The molecule has 194 valence electrons. The molecule has 0 spiro atoms. The number of rotatable bonds is 7. The SMILES string of the molecule is CC(C)c1onc(-c2c(Cl)cccc2Cl)c1COC1CCN(c2ccc3c(OC(=O)O)csc3c2)CC1. The Bertz CT molecular complexity index is 1410. The number of aromatic nitrogens is 1. The fourth-order valence-corrected chi connectivity index (χ4v) is 6.15. The maximum absolute atomic E-state index is 10.9. The number of anilines is 1. The van der Waals surface area contributed by atoms with E-state index in [1.165, 1.54) is 11.3 Å². The number of ether oxygens (including phenoxy) is 2. The molecule has 7 nitrogen and oxygen atoms in total. The predicted octanol–water partition coefficient (Wildman–Crippen LogP) is 8.23. The van der Waals surface area contributed by atoms with Gasteiger partial charge in [-0.05, 0) is 43.2 Å². The average Bonchev–Trinajstić information content (AvgIpc) is 3.46. The van der Waals surface area contributed by atoms with Crippen molar-refractivity contribution in [3.63, 3.8) is 0 Å². The van der Waals surface area contributed by atoms with Gasteiger partial charge in [-0.3, -0.25) is 0 Å². The molecule has 0 aliphatic carbocycles. The van der Waals surface area contributed by atoms with Crippen LogP contribution in [0, 0.1) is 0 Å². The average molecular weight is 561 g/mol. The van der Waals surface area contributed by atoms with E-state index in [0.29, 0.717) is 33.7 Å². The number of nitrogens with zero attached hydrogens (tertiary/aromatic N) is 2. The van der Waals surface area contributed by atoms with Crippen LogP contribution in [0.25, 0.3) is 21.3 Å².